The molecule has 0 spiro atoms. The first-order valence-electron chi connectivity index (χ1n) is 43.5. The molecule has 19 rings (SSSR count). The molecule has 4 saturated carbocycles. The van der Waals surface area contributed by atoms with E-state index in [1.54, 1.807) is 89.3 Å². The van der Waals surface area contributed by atoms with Gasteiger partial charge in [0.15, 0.2) is 23.3 Å². The molecule has 124 heavy (non-hydrogen) atoms. The maximum Gasteiger partial charge on any atom is 0.251 e. The van der Waals surface area contributed by atoms with Crippen LogP contribution in [0.5, 0.6) is 0 Å². The summed E-state index contributed by atoms with van der Waals surface area (Å²) in [5, 5.41) is 26.7. The number of imidazole rings is 1. The normalized spacial score (nSPS) is 19.2. The fourth-order valence-corrected chi connectivity index (χ4v) is 18.9. The van der Waals surface area contributed by atoms with Crippen LogP contribution in [0.1, 0.15) is 174 Å². The van der Waals surface area contributed by atoms with Gasteiger partial charge in [0, 0.05) is 143 Å². The molecule has 7 N–H and O–H groups in total. The third-order valence-corrected chi connectivity index (χ3v) is 25.6. The average molecular weight is 1680 g/mol. The zero-order valence-corrected chi connectivity index (χ0v) is 73.3. The lowest BCUT2D eigenvalue weighted by Crippen LogP contribution is -2.45. The summed E-state index contributed by atoms with van der Waals surface area (Å²) in [4.78, 5) is 134. The topological polar surface area (TPSA) is 350 Å². The van der Waals surface area contributed by atoms with E-state index in [1.807, 2.05) is 160 Å². The van der Waals surface area contributed by atoms with E-state index < -0.39 is 21.7 Å². The lowest BCUT2D eigenvalue weighted by Gasteiger charge is -2.34. The van der Waals surface area contributed by atoms with Crippen LogP contribution in [-0.4, -0.2) is 181 Å². The Labute approximate surface area is 723 Å². The first kappa shape index (κ1) is 84.7. The van der Waals surface area contributed by atoms with Crippen molar-refractivity contribution >= 4 is 145 Å². The molecule has 4 fully saturated rings. The Hall–Kier alpha value is -12.9. The van der Waals surface area contributed by atoms with Crippen molar-refractivity contribution in [1.29, 1.82) is 0 Å². The summed E-state index contributed by atoms with van der Waals surface area (Å²) in [7, 11) is 8.86. The number of nitrogens with zero attached hydrogens (tertiary/aromatic N) is 19. The minimum absolute atomic E-state index is 0.0101. The number of benzene rings is 4. The lowest BCUT2D eigenvalue weighted by atomic mass is 9.91. The van der Waals surface area contributed by atoms with Crippen LogP contribution in [0.3, 0.4) is 0 Å². The van der Waals surface area contributed by atoms with Crippen molar-refractivity contribution in [2.24, 2.45) is 21.7 Å². The number of nitrogens with one attached hydrogen (secondary N) is 7. The third kappa shape index (κ3) is 17.7. The third-order valence-electron chi connectivity index (χ3n) is 25.6. The summed E-state index contributed by atoms with van der Waals surface area (Å²) < 4.78 is 1.96. The van der Waals surface area contributed by atoms with Crippen molar-refractivity contribution in [3.05, 3.63) is 146 Å². The van der Waals surface area contributed by atoms with Gasteiger partial charge < -0.3 is 75.7 Å². The minimum atomic E-state index is -0.520. The minimum Gasteiger partial charge on any atom is -0.355 e. The largest absolute Gasteiger partial charge is 0.355 e. The van der Waals surface area contributed by atoms with Gasteiger partial charge in [0.05, 0.1) is 70.9 Å². The predicted molar refractivity (Wildman–Crippen MR) is 487 cm³/mol. The van der Waals surface area contributed by atoms with Gasteiger partial charge in [-0.15, -0.1) is 0 Å². The van der Waals surface area contributed by atoms with E-state index in [0.29, 0.717) is 86.1 Å². The van der Waals surface area contributed by atoms with E-state index in [-0.39, 0.29) is 35.4 Å². The highest BCUT2D eigenvalue weighted by molar-refractivity contribution is 6.05. The van der Waals surface area contributed by atoms with Gasteiger partial charge in [0.2, 0.25) is 53.3 Å². The molecule has 32 heteroatoms. The van der Waals surface area contributed by atoms with Crippen LogP contribution < -0.4 is 71.1 Å². The molecule has 11 heterocycles. The quantitative estimate of drug-likeness (QED) is 0.0532. The number of aromatic amines is 1. The fourth-order valence-electron chi connectivity index (χ4n) is 18.9. The van der Waals surface area contributed by atoms with Gasteiger partial charge in [-0.25, -0.2) is 24.9 Å². The van der Waals surface area contributed by atoms with Crippen LogP contribution in [0, 0.1) is 21.7 Å². The Bertz CT molecular complexity index is 5630. The molecule has 4 aromatic carbocycles. The van der Waals surface area contributed by atoms with E-state index in [1.165, 1.54) is 51.4 Å². The molecule has 0 bridgehead atoms. The van der Waals surface area contributed by atoms with Crippen molar-refractivity contribution in [2.75, 3.05) is 127 Å². The fraction of sp³-hybridized carbons (Fsp3) is 0.457. The number of hydrogen-bond donors (Lipinski definition) is 7. The number of amides is 6. The van der Waals surface area contributed by atoms with Gasteiger partial charge >= 0.3 is 0 Å². The number of fused-ring (bicyclic) bond motifs is 6. The number of carbonyl (C=O) groups excluding carboxylic acids is 6. The van der Waals surface area contributed by atoms with Gasteiger partial charge in [0.25, 0.3) is 5.91 Å². The molecule has 6 aromatic heterocycles. The zero-order chi connectivity index (χ0) is 87.1. The Morgan fingerprint density at radius 3 is 1.19 bits per heavy atom. The smallest absolute Gasteiger partial charge is 0.251 e. The average Bonchev–Trinajstić information content (AvgIpc) is 1.63. The number of H-pyrrole nitrogens is 1. The molecule has 32 nitrogen and oxygen atoms in total. The molecule has 0 atom stereocenters. The van der Waals surface area contributed by atoms with Gasteiger partial charge in [-0.3, -0.25) is 33.9 Å². The number of aromatic nitrogens is 12. The highest BCUT2D eigenvalue weighted by atomic mass is 16.2. The highest BCUT2D eigenvalue weighted by Gasteiger charge is 2.47. The van der Waals surface area contributed by atoms with Crippen LogP contribution in [0.2, 0.25) is 0 Å². The SMILES string of the molecule is CN1C(=O)C(C)(C)CN(C2CCCC2)c2nc(Nc3ccc(-n4ccnc4)cc3)ncc21.CN1C(=O)C(C)(C)CN(C2CCCC2)c2nc(Nc3ccc4c(c3)CC(=O)N4)ncc21.CN1C(=O)C(C)(C)CN(C2CCCC2)c2nc(Nc3ccc4cn[nH]c4c3)ncc21.CNC(=O)c1cccc(Nc2ncc3c(n2)N(C2CCCC2)CC(C)(C)C(=O)N3C)c1. The van der Waals surface area contributed by atoms with E-state index in [2.05, 4.69) is 86.6 Å². The molecule has 0 saturated heterocycles. The predicted octanol–water partition coefficient (Wildman–Crippen LogP) is 14.8. The second kappa shape index (κ2) is 34.8. The Balaban J connectivity index is 0.000000122. The van der Waals surface area contributed by atoms with E-state index in [4.69, 9.17) is 19.9 Å². The van der Waals surface area contributed by atoms with Crippen LogP contribution in [0.4, 0.5) is 98.3 Å². The molecule has 10 aromatic rings. The summed E-state index contributed by atoms with van der Waals surface area (Å²) in [5.74, 6) is 5.45. The Morgan fingerprint density at radius 1 is 0.435 bits per heavy atom. The summed E-state index contributed by atoms with van der Waals surface area (Å²) >= 11 is 0. The summed E-state index contributed by atoms with van der Waals surface area (Å²) in [6.45, 7) is 18.7. The lowest BCUT2D eigenvalue weighted by molar-refractivity contribution is -0.126. The summed E-state index contributed by atoms with van der Waals surface area (Å²) in [6.07, 6.45) is 33.3. The first-order chi connectivity index (χ1) is 59.5. The molecule has 4 aliphatic carbocycles. The molecule has 0 radical (unpaired) electrons. The van der Waals surface area contributed by atoms with Gasteiger partial charge in [-0.05, 0) is 191 Å². The van der Waals surface area contributed by atoms with Crippen molar-refractivity contribution in [3.8, 4) is 5.69 Å². The molecule has 0 unspecified atom stereocenters. The molecule has 5 aliphatic heterocycles. The van der Waals surface area contributed by atoms with Crippen LogP contribution >= 0.6 is 0 Å². The Morgan fingerprint density at radius 2 is 0.806 bits per heavy atom. The second-order valence-electron chi connectivity index (χ2n) is 36.8. The highest BCUT2D eigenvalue weighted by Crippen LogP contribution is 2.47. The number of hydrogen-bond acceptors (Lipinski definition) is 24. The van der Waals surface area contributed by atoms with Crippen molar-refractivity contribution in [2.45, 2.75) is 189 Å². The van der Waals surface area contributed by atoms with Gasteiger partial charge in [0.1, 0.15) is 22.7 Å². The molecule has 648 valence electrons. The maximum atomic E-state index is 13.1. The van der Waals surface area contributed by atoms with Crippen molar-refractivity contribution < 1.29 is 28.8 Å². The zero-order valence-electron chi connectivity index (χ0n) is 73.3. The van der Waals surface area contributed by atoms with Gasteiger partial charge in [-0.2, -0.15) is 25.0 Å². The number of carbonyl (C=O) groups is 6. The standard InChI is InChI=1S/C24H29N7O.C23H28N6O2.C23H30N6O2.C22H27N7O/c1-24(2)15-31(19-6-4-5-7-19)21-20(29(3)22(24)32)14-26-23(28-21)27-17-8-10-18(11-9-17)30-13-12-25-16-30;1-23(2)13-29(16-6-4-5-7-16)20-18(28(3)21(23)31)12-24-22(27-20)25-15-8-9-17-14(10-15)11-19(30)26-17;1-23(2)14-29(17-10-5-6-11-17)19-18(28(4)21(23)31)13-25-22(27-19)26-16-9-7-8-15(12-16)20(30)24-3;1-22(2)13-29(16-6-4-5-7-16)19-18(28(3)20(22)30)12-23-21(26-19)25-15-9-8-14-11-24-27-17(14)10-15/h8-14,16,19H,4-7,15H2,1-3H3,(H,26,27,28);8-10,12,16H,4-7,11,13H2,1-3H3,(H,26,30)(H,24,25,27);7-9,12-13,17H,5-6,10-11,14H2,1-4H3,(H,24,30)(H,25,26,27);8-12,16H,4-7,13H2,1-3H3,(H,24,27)(H,23,25,26). The molecular formula is C92H114N26O6. The summed E-state index contributed by atoms with van der Waals surface area (Å²) in [6, 6.07) is 28.6. The van der Waals surface area contributed by atoms with E-state index in [0.717, 1.165) is 148 Å². The van der Waals surface area contributed by atoms with E-state index in [9.17, 15) is 28.8 Å². The van der Waals surface area contributed by atoms with Gasteiger partial charge in [-0.1, -0.05) is 57.4 Å². The monoisotopic (exact) mass is 1680 g/mol. The van der Waals surface area contributed by atoms with Crippen molar-refractivity contribution in [1.82, 2.24) is 64.9 Å². The van der Waals surface area contributed by atoms with Crippen LogP contribution in [0.25, 0.3) is 16.6 Å². The maximum absolute atomic E-state index is 13.1. The number of anilines is 17. The molecular weight excluding hydrogens is 1570 g/mol. The molecule has 6 amide bonds. The summed E-state index contributed by atoms with van der Waals surface area (Å²) in [5.41, 5.74) is 8.72. The second-order valence-corrected chi connectivity index (χ2v) is 36.8. The van der Waals surface area contributed by atoms with Crippen LogP contribution in [0.15, 0.2) is 135 Å². The molecule has 9 aliphatic rings. The van der Waals surface area contributed by atoms with Crippen LogP contribution in [-0.2, 0) is 30.4 Å². The Kier molecular flexibility index (Phi) is 23.8. The number of rotatable bonds is 14. The van der Waals surface area contributed by atoms with Crippen molar-refractivity contribution in [3.63, 3.8) is 0 Å². The first-order valence-corrected chi connectivity index (χ1v) is 43.5. The van der Waals surface area contributed by atoms with E-state index >= 15 is 0 Å².